The molecule has 1 saturated heterocycles. The quantitative estimate of drug-likeness (QED) is 0.182. The van der Waals surface area contributed by atoms with E-state index in [0.29, 0.717) is 19.4 Å². The van der Waals surface area contributed by atoms with E-state index in [1.165, 1.54) is 17.0 Å². The van der Waals surface area contributed by atoms with Crippen LogP contribution in [-0.2, 0) is 36.8 Å². The number of carboxylic acid groups (broad SMARTS) is 1. The molecule has 5 atom stereocenters. The summed E-state index contributed by atoms with van der Waals surface area (Å²) >= 11 is 0. The molecule has 1 aliphatic heterocycles. The van der Waals surface area contributed by atoms with E-state index in [9.17, 15) is 34.2 Å². The molecule has 2 aromatic carbocycles. The fourth-order valence-electron chi connectivity index (χ4n) is 5.36. The summed E-state index contributed by atoms with van der Waals surface area (Å²) in [6, 6.07) is 10.4. The second kappa shape index (κ2) is 16.0. The van der Waals surface area contributed by atoms with E-state index in [0.717, 1.165) is 11.1 Å². The predicted octanol–water partition coefficient (Wildman–Crippen LogP) is 1.35. The van der Waals surface area contributed by atoms with Crippen LogP contribution in [0.1, 0.15) is 51.7 Å². The largest absolute Gasteiger partial charge is 0.508 e. The number of rotatable bonds is 14. The van der Waals surface area contributed by atoms with Crippen molar-refractivity contribution in [3.63, 3.8) is 0 Å². The van der Waals surface area contributed by atoms with Crippen molar-refractivity contribution in [2.45, 2.75) is 83.6 Å². The zero-order valence-corrected chi connectivity index (χ0v) is 26.2. The van der Waals surface area contributed by atoms with Crippen LogP contribution in [0.5, 0.6) is 5.75 Å². The molecule has 7 N–H and O–H groups in total. The lowest BCUT2D eigenvalue weighted by atomic mass is 9.99. The van der Waals surface area contributed by atoms with Gasteiger partial charge in [-0.05, 0) is 54.4 Å². The number of nitrogens with two attached hydrogens (primary N) is 1. The summed E-state index contributed by atoms with van der Waals surface area (Å²) in [6.45, 7) is 7.13. The third-order valence-electron chi connectivity index (χ3n) is 7.94. The minimum Gasteiger partial charge on any atom is -0.508 e. The van der Waals surface area contributed by atoms with Crippen molar-refractivity contribution in [3.05, 3.63) is 65.7 Å². The number of likely N-dealkylation sites (tertiary alicyclic amines) is 1. The summed E-state index contributed by atoms with van der Waals surface area (Å²) in [5, 5.41) is 27.1. The number of phenols is 1. The second-order valence-corrected chi connectivity index (χ2v) is 12.2. The summed E-state index contributed by atoms with van der Waals surface area (Å²) in [5.74, 6) is -4.00. The van der Waals surface area contributed by atoms with Gasteiger partial charge in [0.1, 0.15) is 29.9 Å². The van der Waals surface area contributed by atoms with Gasteiger partial charge in [-0.25, -0.2) is 4.79 Å². The molecule has 0 bridgehead atoms. The Morgan fingerprint density at radius 3 is 1.98 bits per heavy atom. The average molecular weight is 624 g/mol. The van der Waals surface area contributed by atoms with E-state index in [1.54, 1.807) is 52.0 Å². The first-order valence-corrected chi connectivity index (χ1v) is 15.3. The molecule has 0 aromatic heterocycles. The first-order valence-electron chi connectivity index (χ1n) is 15.3. The van der Waals surface area contributed by atoms with E-state index in [4.69, 9.17) is 5.73 Å². The van der Waals surface area contributed by atoms with Crippen molar-refractivity contribution in [2.75, 3.05) is 6.54 Å². The van der Waals surface area contributed by atoms with Crippen LogP contribution in [0.3, 0.4) is 0 Å². The predicted molar refractivity (Wildman–Crippen MR) is 168 cm³/mol. The molecule has 1 aliphatic rings. The van der Waals surface area contributed by atoms with Gasteiger partial charge in [0.15, 0.2) is 0 Å². The van der Waals surface area contributed by atoms with Crippen LogP contribution in [0.4, 0.5) is 0 Å². The van der Waals surface area contributed by atoms with Crippen LogP contribution < -0.4 is 21.7 Å². The van der Waals surface area contributed by atoms with Crippen molar-refractivity contribution in [3.8, 4) is 5.75 Å². The average Bonchev–Trinajstić information content (AvgIpc) is 3.49. The molecule has 0 radical (unpaired) electrons. The molecule has 0 spiro atoms. The minimum absolute atomic E-state index is 0.101. The van der Waals surface area contributed by atoms with Gasteiger partial charge in [-0.1, -0.05) is 70.2 Å². The maximum Gasteiger partial charge on any atom is 0.326 e. The Labute approximate surface area is 263 Å². The molecule has 4 amide bonds. The zero-order chi connectivity index (χ0) is 33.3. The zero-order valence-electron chi connectivity index (χ0n) is 26.2. The van der Waals surface area contributed by atoms with Gasteiger partial charge in [0, 0.05) is 13.0 Å². The second-order valence-electron chi connectivity index (χ2n) is 12.2. The van der Waals surface area contributed by atoms with E-state index in [2.05, 4.69) is 16.0 Å². The molecule has 1 fully saturated rings. The summed E-state index contributed by atoms with van der Waals surface area (Å²) in [6.07, 6.45) is 1.32. The van der Waals surface area contributed by atoms with Crippen molar-refractivity contribution < 1.29 is 34.2 Å². The summed E-state index contributed by atoms with van der Waals surface area (Å²) in [7, 11) is 0. The number of amides is 4. The van der Waals surface area contributed by atoms with E-state index in [-0.39, 0.29) is 36.3 Å². The lowest BCUT2D eigenvalue weighted by molar-refractivity contribution is -0.144. The van der Waals surface area contributed by atoms with Crippen molar-refractivity contribution in [2.24, 2.45) is 17.6 Å². The number of carbonyl (C=O) groups excluding carboxylic acids is 4. The highest BCUT2D eigenvalue weighted by atomic mass is 16.4. The SMILES string of the molecule is CC(C)[C@H](NC(=O)[C@@H](NC(=O)[C@H](Cc1ccccc1)NC(=O)[C@@H]1CCCN1C(=O)[C@@H](N)Cc1ccc(O)cc1)C(C)C)C(=O)O. The van der Waals surface area contributed by atoms with Gasteiger partial charge in [0.25, 0.3) is 0 Å². The van der Waals surface area contributed by atoms with Crippen LogP contribution >= 0.6 is 0 Å². The molecule has 0 saturated carbocycles. The molecule has 0 aliphatic carbocycles. The van der Waals surface area contributed by atoms with Crippen molar-refractivity contribution >= 4 is 29.6 Å². The fraction of sp³-hybridized carbons (Fsp3) is 0.485. The number of aliphatic carboxylic acids is 1. The number of aromatic hydroxyl groups is 1. The Morgan fingerprint density at radius 1 is 0.822 bits per heavy atom. The van der Waals surface area contributed by atoms with Crippen LogP contribution in [0.15, 0.2) is 54.6 Å². The number of hydrogen-bond acceptors (Lipinski definition) is 7. The number of phenolic OH excluding ortho intramolecular Hbond substituents is 1. The topological polar surface area (TPSA) is 191 Å². The highest BCUT2D eigenvalue weighted by molar-refractivity contribution is 5.96. The molecule has 0 unspecified atom stereocenters. The lowest BCUT2D eigenvalue weighted by Crippen LogP contribution is -2.60. The Hall–Kier alpha value is -4.45. The molecule has 3 rings (SSSR count). The lowest BCUT2D eigenvalue weighted by Gasteiger charge is -2.30. The molecular weight excluding hydrogens is 578 g/mol. The maximum absolute atomic E-state index is 13.7. The number of nitrogens with one attached hydrogen (secondary N) is 3. The molecule has 12 heteroatoms. The van der Waals surface area contributed by atoms with Gasteiger partial charge in [-0.15, -0.1) is 0 Å². The van der Waals surface area contributed by atoms with Crippen molar-refractivity contribution in [1.29, 1.82) is 0 Å². The van der Waals surface area contributed by atoms with E-state index >= 15 is 0 Å². The van der Waals surface area contributed by atoms with Gasteiger partial charge in [0.2, 0.25) is 23.6 Å². The standard InChI is InChI=1S/C33H45N5O7/c1-19(2)27(31(42)37-28(20(3)4)33(44)45)36-29(40)25(18-21-9-6-5-7-10-21)35-30(41)26-11-8-16-38(26)32(43)24(34)17-22-12-14-23(39)15-13-22/h5-7,9-10,12-15,19-20,24-28,39H,8,11,16-18,34H2,1-4H3,(H,35,41)(H,36,40)(H,37,42)(H,44,45)/t24-,25-,26-,27-,28-/m0/s1. The number of carbonyl (C=O) groups is 5. The van der Waals surface area contributed by atoms with E-state index in [1.807, 2.05) is 18.2 Å². The smallest absolute Gasteiger partial charge is 0.326 e. The summed E-state index contributed by atoms with van der Waals surface area (Å²) in [4.78, 5) is 66.9. The fourth-order valence-corrected chi connectivity index (χ4v) is 5.36. The Bertz CT molecular complexity index is 1330. The van der Waals surface area contributed by atoms with Gasteiger partial charge in [-0.2, -0.15) is 0 Å². The summed E-state index contributed by atoms with van der Waals surface area (Å²) < 4.78 is 0. The van der Waals surface area contributed by atoms with Crippen LogP contribution in [0.2, 0.25) is 0 Å². The molecule has 12 nitrogen and oxygen atoms in total. The third kappa shape index (κ3) is 9.77. The first-order chi connectivity index (χ1) is 21.3. The molecule has 45 heavy (non-hydrogen) atoms. The van der Waals surface area contributed by atoms with Gasteiger partial charge >= 0.3 is 5.97 Å². The monoisotopic (exact) mass is 623 g/mol. The summed E-state index contributed by atoms with van der Waals surface area (Å²) in [5.41, 5.74) is 7.77. The number of carboxylic acids is 1. The first kappa shape index (κ1) is 35.0. The van der Waals surface area contributed by atoms with Gasteiger partial charge in [0.05, 0.1) is 6.04 Å². The Balaban J connectivity index is 1.76. The molecule has 244 valence electrons. The molecular formula is C33H45N5O7. The van der Waals surface area contributed by atoms with Crippen LogP contribution in [0.25, 0.3) is 0 Å². The Kier molecular flexibility index (Phi) is 12.5. The number of benzene rings is 2. The molecule has 1 heterocycles. The Morgan fingerprint density at radius 2 is 1.40 bits per heavy atom. The molecule has 2 aromatic rings. The third-order valence-corrected chi connectivity index (χ3v) is 7.94. The van der Waals surface area contributed by atoms with E-state index < -0.39 is 53.9 Å². The van der Waals surface area contributed by atoms with Gasteiger partial charge in [-0.3, -0.25) is 19.2 Å². The van der Waals surface area contributed by atoms with Gasteiger partial charge < -0.3 is 36.8 Å². The maximum atomic E-state index is 13.7. The highest BCUT2D eigenvalue weighted by Crippen LogP contribution is 2.20. The number of nitrogens with zero attached hydrogens (tertiary/aromatic N) is 1. The van der Waals surface area contributed by atoms with Crippen LogP contribution in [0, 0.1) is 11.8 Å². The van der Waals surface area contributed by atoms with Crippen LogP contribution in [-0.4, -0.2) is 81.5 Å². The minimum atomic E-state index is -1.18. The number of hydrogen-bond donors (Lipinski definition) is 6. The normalized spacial score (nSPS) is 17.3. The highest BCUT2D eigenvalue weighted by Gasteiger charge is 2.38. The van der Waals surface area contributed by atoms with Crippen molar-refractivity contribution in [1.82, 2.24) is 20.9 Å².